The van der Waals surface area contributed by atoms with E-state index in [1.807, 2.05) is 38.1 Å². The van der Waals surface area contributed by atoms with E-state index < -0.39 is 0 Å². The molecule has 1 saturated heterocycles. The first-order valence-corrected chi connectivity index (χ1v) is 7.98. The van der Waals surface area contributed by atoms with Crippen molar-refractivity contribution in [3.63, 3.8) is 0 Å². The van der Waals surface area contributed by atoms with Crippen LogP contribution in [0, 0.1) is 11.8 Å². The summed E-state index contributed by atoms with van der Waals surface area (Å²) in [6, 6.07) is 7.62. The third kappa shape index (κ3) is 4.56. The van der Waals surface area contributed by atoms with E-state index in [1.165, 1.54) is 0 Å². The van der Waals surface area contributed by atoms with Crippen LogP contribution < -0.4 is 16.0 Å². The Hall–Kier alpha value is -1.88. The van der Waals surface area contributed by atoms with Crippen LogP contribution >= 0.6 is 0 Å². The zero-order valence-electron chi connectivity index (χ0n) is 13.3. The summed E-state index contributed by atoms with van der Waals surface area (Å²) < 4.78 is 0. The lowest BCUT2D eigenvalue weighted by molar-refractivity contribution is -0.124. The molecule has 5 nitrogen and oxygen atoms in total. The number of hydrogen-bond donors (Lipinski definition) is 3. The number of anilines is 1. The quantitative estimate of drug-likeness (QED) is 0.751. The van der Waals surface area contributed by atoms with Gasteiger partial charge in [0.2, 0.25) is 11.8 Å². The lowest BCUT2D eigenvalue weighted by Gasteiger charge is -2.12. The summed E-state index contributed by atoms with van der Waals surface area (Å²) in [7, 11) is 0. The molecule has 1 aromatic carbocycles. The molecule has 0 radical (unpaired) electrons. The summed E-state index contributed by atoms with van der Waals surface area (Å²) in [6.07, 6.45) is 1.72. The lowest BCUT2D eigenvalue weighted by atomic mass is 10.1. The SMILES string of the molecule is CCC(C)C(=O)Nc1cccc(CNC(=O)C2CCNC2)c1. The molecule has 0 aliphatic carbocycles. The molecule has 5 heteroatoms. The first kappa shape index (κ1) is 16.5. The van der Waals surface area contributed by atoms with E-state index in [-0.39, 0.29) is 23.7 Å². The molecule has 2 amide bonds. The molecular weight excluding hydrogens is 278 g/mol. The van der Waals surface area contributed by atoms with E-state index in [4.69, 9.17) is 0 Å². The maximum atomic E-state index is 12.0. The average Bonchev–Trinajstić information content (AvgIpc) is 3.06. The number of hydrogen-bond acceptors (Lipinski definition) is 3. The van der Waals surface area contributed by atoms with Gasteiger partial charge in [0.05, 0.1) is 5.92 Å². The predicted octanol–water partition coefficient (Wildman–Crippen LogP) is 1.90. The topological polar surface area (TPSA) is 70.2 Å². The molecule has 2 unspecified atom stereocenters. The number of nitrogens with one attached hydrogen (secondary N) is 3. The van der Waals surface area contributed by atoms with Gasteiger partial charge < -0.3 is 16.0 Å². The minimum absolute atomic E-state index is 0.00164. The molecule has 1 heterocycles. The van der Waals surface area contributed by atoms with Crippen LogP contribution in [-0.2, 0) is 16.1 Å². The number of carbonyl (C=O) groups is 2. The maximum Gasteiger partial charge on any atom is 0.227 e. The monoisotopic (exact) mass is 303 g/mol. The normalized spacial score (nSPS) is 18.7. The predicted molar refractivity (Wildman–Crippen MR) is 87.4 cm³/mol. The van der Waals surface area contributed by atoms with Crippen molar-refractivity contribution in [3.05, 3.63) is 29.8 Å². The van der Waals surface area contributed by atoms with Crippen molar-refractivity contribution in [1.29, 1.82) is 0 Å². The van der Waals surface area contributed by atoms with Crippen LogP contribution in [0.3, 0.4) is 0 Å². The van der Waals surface area contributed by atoms with Crippen molar-refractivity contribution in [2.45, 2.75) is 33.2 Å². The minimum Gasteiger partial charge on any atom is -0.352 e. The van der Waals surface area contributed by atoms with Gasteiger partial charge in [-0.2, -0.15) is 0 Å². The van der Waals surface area contributed by atoms with Gasteiger partial charge in [-0.1, -0.05) is 26.0 Å². The molecule has 1 aliphatic rings. The van der Waals surface area contributed by atoms with Crippen molar-refractivity contribution in [2.75, 3.05) is 18.4 Å². The van der Waals surface area contributed by atoms with Gasteiger partial charge in [0.1, 0.15) is 0 Å². The highest BCUT2D eigenvalue weighted by molar-refractivity contribution is 5.92. The maximum absolute atomic E-state index is 12.0. The largest absolute Gasteiger partial charge is 0.352 e. The van der Waals surface area contributed by atoms with Gasteiger partial charge in [-0.3, -0.25) is 9.59 Å². The zero-order chi connectivity index (χ0) is 15.9. The Balaban J connectivity index is 1.88. The molecule has 120 valence electrons. The second-order valence-electron chi connectivity index (χ2n) is 5.91. The Morgan fingerprint density at radius 3 is 2.91 bits per heavy atom. The van der Waals surface area contributed by atoms with E-state index >= 15 is 0 Å². The third-order valence-corrected chi connectivity index (χ3v) is 4.15. The Kier molecular flexibility index (Phi) is 5.95. The Morgan fingerprint density at radius 2 is 2.23 bits per heavy atom. The van der Waals surface area contributed by atoms with Gasteiger partial charge >= 0.3 is 0 Å². The van der Waals surface area contributed by atoms with Crippen LogP contribution in [0.15, 0.2) is 24.3 Å². The molecule has 1 fully saturated rings. The van der Waals surface area contributed by atoms with Crippen LogP contribution in [0.2, 0.25) is 0 Å². The van der Waals surface area contributed by atoms with Gasteiger partial charge in [-0.05, 0) is 37.1 Å². The van der Waals surface area contributed by atoms with Gasteiger partial charge in [-0.15, -0.1) is 0 Å². The first-order chi connectivity index (χ1) is 10.6. The van der Waals surface area contributed by atoms with E-state index in [0.29, 0.717) is 6.54 Å². The van der Waals surface area contributed by atoms with Crippen LogP contribution in [0.4, 0.5) is 5.69 Å². The van der Waals surface area contributed by atoms with E-state index in [2.05, 4.69) is 16.0 Å². The fourth-order valence-corrected chi connectivity index (χ4v) is 2.42. The molecule has 0 spiro atoms. The van der Waals surface area contributed by atoms with E-state index in [0.717, 1.165) is 37.2 Å². The molecule has 1 aliphatic heterocycles. The van der Waals surface area contributed by atoms with Gasteiger partial charge in [0.25, 0.3) is 0 Å². The highest BCUT2D eigenvalue weighted by Gasteiger charge is 2.21. The first-order valence-electron chi connectivity index (χ1n) is 7.98. The summed E-state index contributed by atoms with van der Waals surface area (Å²) in [5.41, 5.74) is 1.76. The van der Waals surface area contributed by atoms with Crippen LogP contribution in [-0.4, -0.2) is 24.9 Å². The third-order valence-electron chi connectivity index (χ3n) is 4.15. The molecule has 0 saturated carbocycles. The standard InChI is InChI=1S/C17H25N3O2/c1-3-12(2)16(21)20-15-6-4-5-13(9-15)10-19-17(22)14-7-8-18-11-14/h4-6,9,12,14,18H,3,7-8,10-11H2,1-2H3,(H,19,22)(H,20,21). The smallest absolute Gasteiger partial charge is 0.227 e. The molecular formula is C17H25N3O2. The minimum atomic E-state index is -0.00164. The van der Waals surface area contributed by atoms with Gasteiger partial charge in [0, 0.05) is 24.7 Å². The van der Waals surface area contributed by atoms with Crippen LogP contribution in [0.1, 0.15) is 32.3 Å². The van der Waals surface area contributed by atoms with Crippen molar-refractivity contribution in [1.82, 2.24) is 10.6 Å². The zero-order valence-corrected chi connectivity index (χ0v) is 13.3. The molecule has 2 atom stereocenters. The summed E-state index contributed by atoms with van der Waals surface area (Å²) >= 11 is 0. The summed E-state index contributed by atoms with van der Waals surface area (Å²) in [4.78, 5) is 23.9. The number of rotatable bonds is 6. The Morgan fingerprint density at radius 1 is 1.41 bits per heavy atom. The highest BCUT2D eigenvalue weighted by Crippen LogP contribution is 2.14. The molecule has 2 rings (SSSR count). The van der Waals surface area contributed by atoms with Crippen LogP contribution in [0.25, 0.3) is 0 Å². The number of benzene rings is 1. The fourth-order valence-electron chi connectivity index (χ4n) is 2.42. The lowest BCUT2D eigenvalue weighted by Crippen LogP contribution is -2.31. The van der Waals surface area contributed by atoms with Crippen molar-refractivity contribution >= 4 is 17.5 Å². The molecule has 0 aromatic heterocycles. The number of carbonyl (C=O) groups excluding carboxylic acids is 2. The average molecular weight is 303 g/mol. The second kappa shape index (κ2) is 7.94. The van der Waals surface area contributed by atoms with Crippen LogP contribution in [0.5, 0.6) is 0 Å². The molecule has 0 bridgehead atoms. The summed E-state index contributed by atoms with van der Waals surface area (Å²) in [5.74, 6) is 0.200. The number of amides is 2. The van der Waals surface area contributed by atoms with E-state index in [9.17, 15) is 9.59 Å². The van der Waals surface area contributed by atoms with Crippen molar-refractivity contribution in [2.24, 2.45) is 11.8 Å². The van der Waals surface area contributed by atoms with Gasteiger partial charge in [-0.25, -0.2) is 0 Å². The fraction of sp³-hybridized carbons (Fsp3) is 0.529. The molecule has 3 N–H and O–H groups in total. The van der Waals surface area contributed by atoms with E-state index in [1.54, 1.807) is 0 Å². The summed E-state index contributed by atoms with van der Waals surface area (Å²) in [6.45, 7) is 6.07. The van der Waals surface area contributed by atoms with Gasteiger partial charge in [0.15, 0.2) is 0 Å². The molecule has 1 aromatic rings. The van der Waals surface area contributed by atoms with Crippen molar-refractivity contribution in [3.8, 4) is 0 Å². The molecule has 22 heavy (non-hydrogen) atoms. The Bertz CT molecular complexity index is 524. The second-order valence-corrected chi connectivity index (χ2v) is 5.91. The Labute approximate surface area is 131 Å². The highest BCUT2D eigenvalue weighted by atomic mass is 16.2. The van der Waals surface area contributed by atoms with Crippen molar-refractivity contribution < 1.29 is 9.59 Å². The summed E-state index contributed by atoms with van der Waals surface area (Å²) in [5, 5.41) is 9.07.